The molecule has 0 atom stereocenters. The van der Waals surface area contributed by atoms with Crippen molar-refractivity contribution in [3.8, 4) is 17.2 Å². The predicted octanol–water partition coefficient (Wildman–Crippen LogP) is 5.16. The maximum absolute atomic E-state index is 6.40. The lowest BCUT2D eigenvalue weighted by Crippen LogP contribution is -2.35. The van der Waals surface area contributed by atoms with Gasteiger partial charge < -0.3 is 14.1 Å². The second kappa shape index (κ2) is 7.33. The summed E-state index contributed by atoms with van der Waals surface area (Å²) in [4.78, 5) is 12.2. The molecule has 0 aromatic carbocycles. The molecule has 3 aromatic rings. The Labute approximate surface area is 169 Å². The molecule has 0 N–H and O–H groups in total. The maximum atomic E-state index is 6.40. The Morgan fingerprint density at radius 3 is 2.82 bits per heavy atom. The van der Waals surface area contributed by atoms with Crippen LogP contribution in [0.15, 0.2) is 28.3 Å². The maximum Gasteiger partial charge on any atom is 0.226 e. The van der Waals surface area contributed by atoms with Gasteiger partial charge in [-0.1, -0.05) is 12.2 Å². The lowest BCUT2D eigenvalue weighted by molar-refractivity contribution is 0.108. The van der Waals surface area contributed by atoms with Crippen molar-refractivity contribution in [2.75, 3.05) is 14.1 Å². The van der Waals surface area contributed by atoms with Gasteiger partial charge in [0.25, 0.3) is 0 Å². The second-order valence-electron chi connectivity index (χ2n) is 7.95. The Morgan fingerprint density at radius 2 is 2.04 bits per heavy atom. The highest BCUT2D eigenvalue weighted by Crippen LogP contribution is 2.40. The van der Waals surface area contributed by atoms with E-state index in [9.17, 15) is 0 Å². The van der Waals surface area contributed by atoms with Crippen LogP contribution in [0.25, 0.3) is 27.6 Å². The van der Waals surface area contributed by atoms with Crippen LogP contribution in [-0.4, -0.2) is 41.1 Å². The zero-order valence-corrected chi connectivity index (χ0v) is 17.2. The van der Waals surface area contributed by atoms with Crippen molar-refractivity contribution in [3.63, 3.8) is 0 Å². The summed E-state index contributed by atoms with van der Waals surface area (Å²) < 4.78 is 12.6. The van der Waals surface area contributed by atoms with E-state index in [4.69, 9.17) is 9.15 Å². The summed E-state index contributed by atoms with van der Waals surface area (Å²) in [5.41, 5.74) is 2.22. The van der Waals surface area contributed by atoms with Crippen LogP contribution < -0.4 is 4.74 Å². The highest BCUT2D eigenvalue weighted by molar-refractivity contribution is 7.17. The Kier molecular flexibility index (Phi) is 4.69. The van der Waals surface area contributed by atoms with Crippen LogP contribution in [0.5, 0.6) is 5.88 Å². The van der Waals surface area contributed by atoms with Crippen molar-refractivity contribution in [1.29, 1.82) is 0 Å². The molecule has 5 nitrogen and oxygen atoms in total. The van der Waals surface area contributed by atoms with Crippen molar-refractivity contribution < 1.29 is 9.15 Å². The van der Waals surface area contributed by atoms with Crippen molar-refractivity contribution in [3.05, 3.63) is 35.2 Å². The number of furan rings is 1. The van der Waals surface area contributed by atoms with Gasteiger partial charge in [0, 0.05) is 29.0 Å². The average Bonchev–Trinajstić information content (AvgIpc) is 3.33. The Balaban J connectivity index is 1.45. The van der Waals surface area contributed by atoms with Gasteiger partial charge >= 0.3 is 0 Å². The topological polar surface area (TPSA) is 51.4 Å². The van der Waals surface area contributed by atoms with E-state index < -0.39 is 0 Å². The van der Waals surface area contributed by atoms with E-state index in [2.05, 4.69) is 52.6 Å². The monoisotopic (exact) mass is 395 g/mol. The number of hydrogen-bond acceptors (Lipinski definition) is 6. The number of aryl methyl sites for hydroxylation is 1. The van der Waals surface area contributed by atoms with Crippen molar-refractivity contribution in [2.45, 2.75) is 50.7 Å². The number of thiophene rings is 1. The van der Waals surface area contributed by atoms with Crippen molar-refractivity contribution >= 4 is 27.6 Å². The lowest BCUT2D eigenvalue weighted by Gasteiger charge is -2.32. The fourth-order valence-corrected chi connectivity index (χ4v) is 5.18. The zero-order valence-electron chi connectivity index (χ0n) is 16.4. The summed E-state index contributed by atoms with van der Waals surface area (Å²) in [6.45, 7) is 0. The van der Waals surface area contributed by atoms with Crippen LogP contribution in [0, 0.1) is 0 Å². The van der Waals surface area contributed by atoms with Gasteiger partial charge in [-0.05, 0) is 52.3 Å². The second-order valence-corrected chi connectivity index (χ2v) is 8.81. The number of fused-ring (bicyclic) bond motifs is 2. The molecular formula is C22H25N3O2S. The minimum Gasteiger partial charge on any atom is -0.474 e. The van der Waals surface area contributed by atoms with Crippen LogP contribution in [-0.2, 0) is 6.42 Å². The van der Waals surface area contributed by atoms with E-state index in [1.807, 2.05) is 0 Å². The van der Waals surface area contributed by atoms with Crippen LogP contribution in [0.4, 0.5) is 0 Å². The summed E-state index contributed by atoms with van der Waals surface area (Å²) in [7, 11) is 4.32. The summed E-state index contributed by atoms with van der Waals surface area (Å²) in [5.74, 6) is 2.65. The molecule has 0 unspecified atom stereocenters. The molecule has 28 heavy (non-hydrogen) atoms. The van der Waals surface area contributed by atoms with E-state index in [1.54, 1.807) is 17.7 Å². The van der Waals surface area contributed by atoms with E-state index in [0.717, 1.165) is 53.0 Å². The zero-order chi connectivity index (χ0) is 19.1. The number of allylic oxidation sites excluding steroid dienone is 1. The third-order valence-corrected chi connectivity index (χ3v) is 6.82. The largest absolute Gasteiger partial charge is 0.474 e. The molecule has 1 fully saturated rings. The molecular weight excluding hydrogens is 370 g/mol. The van der Waals surface area contributed by atoms with Crippen LogP contribution in [0.2, 0.25) is 0 Å². The number of rotatable bonds is 4. The molecule has 5 rings (SSSR count). The minimum absolute atomic E-state index is 0.217. The van der Waals surface area contributed by atoms with Crippen molar-refractivity contribution in [2.24, 2.45) is 0 Å². The summed E-state index contributed by atoms with van der Waals surface area (Å²) >= 11 is 1.62. The summed E-state index contributed by atoms with van der Waals surface area (Å²) in [5, 5.41) is 3.10. The van der Waals surface area contributed by atoms with E-state index in [-0.39, 0.29) is 6.10 Å². The number of ether oxygens (including phenoxy) is 1. The SMILES string of the molecule is CN(C)C1CCC(Oc2ncnc3scc(-c4cc5c(o4)CCC=C5)c23)CC1. The predicted molar refractivity (Wildman–Crippen MR) is 113 cm³/mol. The van der Waals surface area contributed by atoms with Gasteiger partial charge in [0.2, 0.25) is 5.88 Å². The van der Waals surface area contributed by atoms with E-state index in [0.29, 0.717) is 11.9 Å². The summed E-state index contributed by atoms with van der Waals surface area (Å²) in [6, 6.07) is 2.79. The molecule has 2 aliphatic carbocycles. The van der Waals surface area contributed by atoms with Crippen LogP contribution in [0.1, 0.15) is 43.4 Å². The molecule has 3 heterocycles. The molecule has 0 saturated heterocycles. The van der Waals surface area contributed by atoms with Gasteiger partial charge in [-0.15, -0.1) is 11.3 Å². The third kappa shape index (κ3) is 3.25. The Morgan fingerprint density at radius 1 is 1.18 bits per heavy atom. The standard InChI is InChI=1S/C22H25N3O2S/c1-25(2)15-7-9-16(10-8-15)26-21-20-17(12-28-22(20)24-13-23-21)19-11-14-5-3-4-6-18(14)27-19/h3,5,11-13,15-16H,4,6-10H2,1-2H3. The first kappa shape index (κ1) is 17.9. The van der Waals surface area contributed by atoms with Crippen LogP contribution in [0.3, 0.4) is 0 Å². The fraction of sp³-hybridized carbons (Fsp3) is 0.455. The van der Waals surface area contributed by atoms with Crippen LogP contribution >= 0.6 is 11.3 Å². The Bertz CT molecular complexity index is 1010. The number of nitrogens with zero attached hydrogens (tertiary/aromatic N) is 3. The first-order valence-corrected chi connectivity index (χ1v) is 10.9. The summed E-state index contributed by atoms with van der Waals surface area (Å²) in [6.07, 6.45) is 12.6. The smallest absolute Gasteiger partial charge is 0.226 e. The molecule has 0 aliphatic heterocycles. The fourth-order valence-electron chi connectivity index (χ4n) is 4.29. The molecule has 6 heteroatoms. The lowest BCUT2D eigenvalue weighted by atomic mass is 9.92. The van der Waals surface area contributed by atoms with Gasteiger partial charge in [-0.3, -0.25) is 0 Å². The van der Waals surface area contributed by atoms with Gasteiger partial charge in [-0.25, -0.2) is 9.97 Å². The van der Waals surface area contributed by atoms with Gasteiger partial charge in [-0.2, -0.15) is 0 Å². The molecule has 2 aliphatic rings. The minimum atomic E-state index is 0.217. The normalized spacial score (nSPS) is 22.0. The quantitative estimate of drug-likeness (QED) is 0.610. The van der Waals surface area contributed by atoms with E-state index >= 15 is 0 Å². The molecule has 0 bridgehead atoms. The van der Waals surface area contributed by atoms with Crippen molar-refractivity contribution in [1.82, 2.24) is 14.9 Å². The Hall–Kier alpha value is -2.18. The third-order valence-electron chi connectivity index (χ3n) is 5.93. The highest BCUT2D eigenvalue weighted by Gasteiger charge is 2.26. The molecule has 3 aromatic heterocycles. The molecule has 1 saturated carbocycles. The highest BCUT2D eigenvalue weighted by atomic mass is 32.1. The average molecular weight is 396 g/mol. The van der Waals surface area contributed by atoms with Gasteiger partial charge in [0.05, 0.1) is 5.39 Å². The van der Waals surface area contributed by atoms with Gasteiger partial charge in [0.1, 0.15) is 28.8 Å². The van der Waals surface area contributed by atoms with E-state index in [1.165, 1.54) is 18.4 Å². The molecule has 146 valence electrons. The number of aromatic nitrogens is 2. The number of hydrogen-bond donors (Lipinski definition) is 0. The van der Waals surface area contributed by atoms with Gasteiger partial charge in [0.15, 0.2) is 0 Å². The first-order chi connectivity index (χ1) is 13.7. The molecule has 0 spiro atoms. The molecule has 0 amide bonds. The first-order valence-electron chi connectivity index (χ1n) is 10.0. The molecule has 0 radical (unpaired) electrons.